The van der Waals surface area contributed by atoms with Crippen molar-refractivity contribution in [2.45, 2.75) is 37.5 Å². The standard InChI is InChI=1S/C20H19N3O3/c1-26-14-8-6-13(7-9-14)23-19-17(18(22-23)12-4-5-12)15(20(24)25)10-16(21-19)11-2-3-11/h6-12H,2-5H2,1H3,(H,24,25). The molecule has 0 unspecified atom stereocenters. The highest BCUT2D eigenvalue weighted by Crippen LogP contribution is 2.45. The Morgan fingerprint density at radius 3 is 2.42 bits per heavy atom. The van der Waals surface area contributed by atoms with Crippen LogP contribution in [-0.2, 0) is 0 Å². The van der Waals surface area contributed by atoms with Gasteiger partial charge in [0.05, 0.1) is 29.4 Å². The molecular formula is C20H19N3O3. The van der Waals surface area contributed by atoms with Crippen molar-refractivity contribution >= 4 is 17.0 Å². The number of methoxy groups -OCH3 is 1. The van der Waals surface area contributed by atoms with Crippen molar-refractivity contribution in [1.29, 1.82) is 0 Å². The fraction of sp³-hybridized carbons (Fsp3) is 0.350. The van der Waals surface area contributed by atoms with Crippen LogP contribution in [0.5, 0.6) is 5.75 Å². The minimum absolute atomic E-state index is 0.332. The van der Waals surface area contributed by atoms with Crippen LogP contribution in [0.25, 0.3) is 16.7 Å². The highest BCUT2D eigenvalue weighted by molar-refractivity contribution is 6.03. The molecule has 26 heavy (non-hydrogen) atoms. The normalized spacial score (nSPS) is 16.8. The van der Waals surface area contributed by atoms with E-state index < -0.39 is 5.97 Å². The van der Waals surface area contributed by atoms with Crippen LogP contribution in [0.4, 0.5) is 0 Å². The van der Waals surface area contributed by atoms with Gasteiger partial charge in [0.15, 0.2) is 5.65 Å². The van der Waals surface area contributed by atoms with Crippen LogP contribution in [0.2, 0.25) is 0 Å². The van der Waals surface area contributed by atoms with Crippen LogP contribution in [-0.4, -0.2) is 33.0 Å². The third kappa shape index (κ3) is 2.44. The Balaban J connectivity index is 1.78. The number of hydrogen-bond acceptors (Lipinski definition) is 4. The zero-order valence-electron chi connectivity index (χ0n) is 14.5. The van der Waals surface area contributed by atoms with Crippen LogP contribution >= 0.6 is 0 Å². The molecule has 0 spiro atoms. The molecule has 6 heteroatoms. The monoisotopic (exact) mass is 349 g/mol. The van der Waals surface area contributed by atoms with Crippen LogP contribution in [0.15, 0.2) is 30.3 Å². The molecule has 2 saturated carbocycles. The lowest BCUT2D eigenvalue weighted by atomic mass is 10.1. The first-order valence-electron chi connectivity index (χ1n) is 8.97. The topological polar surface area (TPSA) is 77.2 Å². The summed E-state index contributed by atoms with van der Waals surface area (Å²) in [5, 5.41) is 15.3. The van der Waals surface area contributed by atoms with Crippen molar-refractivity contribution in [1.82, 2.24) is 14.8 Å². The van der Waals surface area contributed by atoms with E-state index in [1.807, 2.05) is 24.3 Å². The lowest BCUT2D eigenvalue weighted by Gasteiger charge is -2.07. The van der Waals surface area contributed by atoms with Crippen molar-refractivity contribution in [3.05, 3.63) is 47.3 Å². The second-order valence-electron chi connectivity index (χ2n) is 7.14. The molecule has 2 fully saturated rings. The van der Waals surface area contributed by atoms with Crippen molar-refractivity contribution in [2.24, 2.45) is 0 Å². The number of carboxylic acids is 1. The van der Waals surface area contributed by atoms with E-state index in [2.05, 4.69) is 0 Å². The van der Waals surface area contributed by atoms with E-state index in [9.17, 15) is 9.90 Å². The van der Waals surface area contributed by atoms with Gasteiger partial charge in [-0.15, -0.1) is 0 Å². The number of nitrogens with zero attached hydrogens (tertiary/aromatic N) is 3. The number of ether oxygens (including phenoxy) is 1. The molecule has 0 bridgehead atoms. The summed E-state index contributed by atoms with van der Waals surface area (Å²) in [6, 6.07) is 9.36. The van der Waals surface area contributed by atoms with E-state index >= 15 is 0 Å². The average Bonchev–Trinajstić information content (AvgIpc) is 3.57. The molecule has 2 aliphatic rings. The molecule has 2 aromatic heterocycles. The van der Waals surface area contributed by atoms with Gasteiger partial charge in [0.2, 0.25) is 0 Å². The molecule has 0 radical (unpaired) electrons. The van der Waals surface area contributed by atoms with E-state index in [0.29, 0.717) is 28.4 Å². The van der Waals surface area contributed by atoms with Gasteiger partial charge in [-0.3, -0.25) is 0 Å². The van der Waals surface area contributed by atoms with Crippen LogP contribution in [0.1, 0.15) is 59.3 Å². The highest BCUT2D eigenvalue weighted by Gasteiger charge is 2.34. The SMILES string of the molecule is COc1ccc(-n2nc(C3CC3)c3c(C(=O)O)cc(C4CC4)nc32)cc1. The largest absolute Gasteiger partial charge is 0.497 e. The molecule has 0 atom stereocenters. The minimum atomic E-state index is -0.907. The first-order valence-corrected chi connectivity index (χ1v) is 8.97. The molecule has 2 heterocycles. The predicted molar refractivity (Wildman–Crippen MR) is 96.3 cm³/mol. The Morgan fingerprint density at radius 1 is 1.15 bits per heavy atom. The summed E-state index contributed by atoms with van der Waals surface area (Å²) in [5.41, 5.74) is 3.58. The molecule has 6 nitrogen and oxygen atoms in total. The maximum atomic E-state index is 12.0. The van der Waals surface area contributed by atoms with E-state index in [0.717, 1.165) is 48.5 Å². The van der Waals surface area contributed by atoms with Gasteiger partial charge in [-0.1, -0.05) is 0 Å². The van der Waals surface area contributed by atoms with E-state index in [4.69, 9.17) is 14.8 Å². The third-order valence-corrected chi connectivity index (χ3v) is 5.19. The Kier molecular flexibility index (Phi) is 3.29. The number of carbonyl (C=O) groups is 1. The Morgan fingerprint density at radius 2 is 1.85 bits per heavy atom. The molecule has 0 aliphatic heterocycles. The second kappa shape index (κ2) is 5.56. The quantitative estimate of drug-likeness (QED) is 0.756. The zero-order valence-corrected chi connectivity index (χ0v) is 14.5. The Hall–Kier alpha value is -2.89. The fourth-order valence-electron chi connectivity index (χ4n) is 3.46. The number of rotatable bonds is 5. The number of aromatic nitrogens is 3. The summed E-state index contributed by atoms with van der Waals surface area (Å²) in [6.45, 7) is 0. The smallest absolute Gasteiger partial charge is 0.336 e. The summed E-state index contributed by atoms with van der Waals surface area (Å²) in [4.78, 5) is 16.8. The summed E-state index contributed by atoms with van der Waals surface area (Å²) in [7, 11) is 1.63. The van der Waals surface area contributed by atoms with Crippen molar-refractivity contribution in [3.8, 4) is 11.4 Å². The highest BCUT2D eigenvalue weighted by atomic mass is 16.5. The molecule has 5 rings (SSSR count). The van der Waals surface area contributed by atoms with Gasteiger partial charge in [0.25, 0.3) is 0 Å². The number of hydrogen-bond donors (Lipinski definition) is 1. The molecule has 1 aromatic carbocycles. The number of carboxylic acid groups (broad SMARTS) is 1. The molecule has 0 saturated heterocycles. The molecule has 0 amide bonds. The minimum Gasteiger partial charge on any atom is -0.497 e. The lowest BCUT2D eigenvalue weighted by molar-refractivity contribution is 0.0698. The summed E-state index contributed by atoms with van der Waals surface area (Å²) in [6.07, 6.45) is 4.25. The lowest BCUT2D eigenvalue weighted by Crippen LogP contribution is -2.03. The molecular weight excluding hydrogens is 330 g/mol. The number of aromatic carboxylic acids is 1. The summed E-state index contributed by atoms with van der Waals surface area (Å²) >= 11 is 0. The van der Waals surface area contributed by atoms with Crippen molar-refractivity contribution < 1.29 is 14.6 Å². The molecule has 132 valence electrons. The second-order valence-corrected chi connectivity index (χ2v) is 7.14. The Bertz CT molecular complexity index is 1010. The number of pyridine rings is 1. The first kappa shape index (κ1) is 15.4. The average molecular weight is 349 g/mol. The fourth-order valence-corrected chi connectivity index (χ4v) is 3.46. The summed E-state index contributed by atoms with van der Waals surface area (Å²) < 4.78 is 7.02. The van der Waals surface area contributed by atoms with E-state index in [-0.39, 0.29) is 0 Å². The predicted octanol–water partition coefficient (Wildman–Crippen LogP) is 3.88. The van der Waals surface area contributed by atoms with Crippen molar-refractivity contribution in [2.75, 3.05) is 7.11 Å². The first-order chi connectivity index (χ1) is 12.7. The summed E-state index contributed by atoms with van der Waals surface area (Å²) in [5.74, 6) is 0.575. The van der Waals surface area contributed by atoms with Gasteiger partial charge in [-0.25, -0.2) is 14.5 Å². The maximum Gasteiger partial charge on any atom is 0.336 e. The third-order valence-electron chi connectivity index (χ3n) is 5.19. The van der Waals surface area contributed by atoms with Crippen LogP contribution in [0, 0.1) is 0 Å². The maximum absolute atomic E-state index is 12.0. The molecule has 1 N–H and O–H groups in total. The van der Waals surface area contributed by atoms with Gasteiger partial charge >= 0.3 is 5.97 Å². The van der Waals surface area contributed by atoms with E-state index in [1.54, 1.807) is 17.9 Å². The molecule has 3 aromatic rings. The van der Waals surface area contributed by atoms with Gasteiger partial charge in [0, 0.05) is 17.5 Å². The van der Waals surface area contributed by atoms with Gasteiger partial charge in [-0.2, -0.15) is 5.10 Å². The van der Waals surface area contributed by atoms with Gasteiger partial charge < -0.3 is 9.84 Å². The number of benzene rings is 1. The van der Waals surface area contributed by atoms with Gasteiger partial charge in [0.1, 0.15) is 5.75 Å². The van der Waals surface area contributed by atoms with Gasteiger partial charge in [-0.05, 0) is 56.0 Å². The molecule has 2 aliphatic carbocycles. The van der Waals surface area contributed by atoms with Crippen LogP contribution in [0.3, 0.4) is 0 Å². The zero-order chi connectivity index (χ0) is 17.8. The number of fused-ring (bicyclic) bond motifs is 1. The van der Waals surface area contributed by atoms with Crippen molar-refractivity contribution in [3.63, 3.8) is 0 Å². The van der Waals surface area contributed by atoms with Crippen LogP contribution < -0.4 is 4.74 Å². The van der Waals surface area contributed by atoms with E-state index in [1.165, 1.54) is 0 Å². The Labute approximate surface area is 150 Å².